The number of carbonyl (C=O) groups excluding carboxylic acids is 1. The van der Waals surface area contributed by atoms with E-state index in [2.05, 4.69) is 15.1 Å². The first-order chi connectivity index (χ1) is 7.24. The second-order valence-electron chi connectivity index (χ2n) is 3.40. The fourth-order valence-corrected chi connectivity index (χ4v) is 1.62. The molecule has 2 rings (SSSR count). The molecule has 0 fully saturated rings. The SMILES string of the molecule is CCC1C(=O)N(c2ncccn2)N=C1C. The Morgan fingerprint density at radius 1 is 1.40 bits per heavy atom. The van der Waals surface area contributed by atoms with Crippen LogP contribution in [-0.2, 0) is 4.79 Å². The van der Waals surface area contributed by atoms with E-state index in [4.69, 9.17) is 0 Å². The Kier molecular flexibility index (Phi) is 2.45. The molecule has 15 heavy (non-hydrogen) atoms. The second-order valence-corrected chi connectivity index (χ2v) is 3.40. The van der Waals surface area contributed by atoms with Crippen molar-refractivity contribution in [3.8, 4) is 0 Å². The smallest absolute Gasteiger partial charge is 0.258 e. The third-order valence-corrected chi connectivity index (χ3v) is 2.42. The van der Waals surface area contributed by atoms with Crippen molar-refractivity contribution < 1.29 is 4.79 Å². The molecule has 0 aromatic carbocycles. The maximum atomic E-state index is 11.9. The van der Waals surface area contributed by atoms with Crippen molar-refractivity contribution in [1.29, 1.82) is 0 Å². The van der Waals surface area contributed by atoms with Crippen LogP contribution in [0.4, 0.5) is 5.95 Å². The van der Waals surface area contributed by atoms with E-state index in [0.29, 0.717) is 5.95 Å². The molecule has 1 aromatic rings. The van der Waals surface area contributed by atoms with Gasteiger partial charge in [-0.3, -0.25) is 4.79 Å². The van der Waals surface area contributed by atoms with E-state index in [-0.39, 0.29) is 11.8 Å². The first kappa shape index (κ1) is 9.76. The summed E-state index contributed by atoms with van der Waals surface area (Å²) in [5, 5.41) is 5.45. The lowest BCUT2D eigenvalue weighted by Crippen LogP contribution is -2.27. The summed E-state index contributed by atoms with van der Waals surface area (Å²) >= 11 is 0. The highest BCUT2D eigenvalue weighted by Gasteiger charge is 2.34. The summed E-state index contributed by atoms with van der Waals surface area (Å²) in [6, 6.07) is 1.71. The summed E-state index contributed by atoms with van der Waals surface area (Å²) in [6.45, 7) is 3.83. The molecule has 5 heteroatoms. The highest BCUT2D eigenvalue weighted by Crippen LogP contribution is 2.21. The number of hydrogen-bond acceptors (Lipinski definition) is 4. The average Bonchev–Trinajstić information content (AvgIpc) is 2.55. The van der Waals surface area contributed by atoms with Gasteiger partial charge in [-0.15, -0.1) is 0 Å². The van der Waals surface area contributed by atoms with Gasteiger partial charge in [-0.05, 0) is 19.4 Å². The molecule has 0 saturated carbocycles. The summed E-state index contributed by atoms with van der Waals surface area (Å²) in [7, 11) is 0. The minimum atomic E-state index is -0.117. The van der Waals surface area contributed by atoms with E-state index < -0.39 is 0 Å². The van der Waals surface area contributed by atoms with Crippen LogP contribution < -0.4 is 5.01 Å². The number of aromatic nitrogens is 2. The Balaban J connectivity index is 2.31. The molecule has 1 unspecified atom stereocenters. The van der Waals surface area contributed by atoms with Gasteiger partial charge < -0.3 is 0 Å². The largest absolute Gasteiger partial charge is 0.272 e. The van der Waals surface area contributed by atoms with Gasteiger partial charge in [0.2, 0.25) is 0 Å². The molecule has 1 amide bonds. The Bertz CT molecular complexity index is 401. The van der Waals surface area contributed by atoms with E-state index in [1.165, 1.54) is 5.01 Å². The molecule has 0 saturated heterocycles. The number of rotatable bonds is 2. The highest BCUT2D eigenvalue weighted by atomic mass is 16.2. The zero-order chi connectivity index (χ0) is 10.8. The molecule has 5 nitrogen and oxygen atoms in total. The molecule has 1 aliphatic heterocycles. The van der Waals surface area contributed by atoms with Crippen LogP contribution in [-0.4, -0.2) is 21.6 Å². The summed E-state index contributed by atoms with van der Waals surface area (Å²) < 4.78 is 0. The van der Waals surface area contributed by atoms with Crippen molar-refractivity contribution in [3.63, 3.8) is 0 Å². The van der Waals surface area contributed by atoms with Crippen LogP contribution in [0, 0.1) is 5.92 Å². The predicted molar refractivity (Wildman–Crippen MR) is 56.4 cm³/mol. The van der Waals surface area contributed by atoms with Gasteiger partial charge in [0.1, 0.15) is 0 Å². The predicted octanol–water partition coefficient (Wildman–Crippen LogP) is 1.23. The first-order valence-electron chi connectivity index (χ1n) is 4.90. The standard InChI is InChI=1S/C10H12N4O/c1-3-8-7(2)13-14(9(8)15)10-11-5-4-6-12-10/h4-6,8H,3H2,1-2H3. The molecule has 0 radical (unpaired) electrons. The van der Waals surface area contributed by atoms with Gasteiger partial charge in [0.25, 0.3) is 11.9 Å². The van der Waals surface area contributed by atoms with Crippen molar-refractivity contribution >= 4 is 17.6 Å². The molecule has 78 valence electrons. The molecular formula is C10H12N4O. The third kappa shape index (κ3) is 1.60. The Morgan fingerprint density at radius 2 is 2.07 bits per heavy atom. The van der Waals surface area contributed by atoms with Gasteiger partial charge in [0, 0.05) is 18.1 Å². The second kappa shape index (κ2) is 3.76. The monoisotopic (exact) mass is 204 g/mol. The van der Waals surface area contributed by atoms with Gasteiger partial charge in [-0.2, -0.15) is 10.1 Å². The summed E-state index contributed by atoms with van der Waals surface area (Å²) in [5.41, 5.74) is 0.829. The minimum absolute atomic E-state index is 0.0406. The summed E-state index contributed by atoms with van der Waals surface area (Å²) in [5.74, 6) is 0.188. The van der Waals surface area contributed by atoms with E-state index in [9.17, 15) is 4.79 Å². The highest BCUT2D eigenvalue weighted by molar-refractivity contribution is 6.14. The molecule has 1 atom stereocenters. The van der Waals surface area contributed by atoms with Crippen molar-refractivity contribution in [2.45, 2.75) is 20.3 Å². The molecule has 0 aliphatic carbocycles. The molecule has 2 heterocycles. The van der Waals surface area contributed by atoms with Gasteiger partial charge >= 0.3 is 0 Å². The fraction of sp³-hybridized carbons (Fsp3) is 0.400. The van der Waals surface area contributed by atoms with E-state index in [1.807, 2.05) is 13.8 Å². The number of hydrazone groups is 1. The molecule has 0 spiro atoms. The minimum Gasteiger partial charge on any atom is -0.272 e. The van der Waals surface area contributed by atoms with Crippen LogP contribution >= 0.6 is 0 Å². The summed E-state index contributed by atoms with van der Waals surface area (Å²) in [4.78, 5) is 19.9. The molecule has 1 aliphatic rings. The van der Waals surface area contributed by atoms with Crippen LogP contribution in [0.5, 0.6) is 0 Å². The topological polar surface area (TPSA) is 58.5 Å². The van der Waals surface area contributed by atoms with Crippen LogP contribution in [0.2, 0.25) is 0 Å². The Hall–Kier alpha value is -1.78. The Labute approximate surface area is 87.8 Å². The van der Waals surface area contributed by atoms with Crippen molar-refractivity contribution in [2.75, 3.05) is 5.01 Å². The molecular weight excluding hydrogens is 192 g/mol. The van der Waals surface area contributed by atoms with Gasteiger partial charge in [-0.25, -0.2) is 9.97 Å². The number of amides is 1. The van der Waals surface area contributed by atoms with Crippen molar-refractivity contribution in [2.24, 2.45) is 11.0 Å². The zero-order valence-electron chi connectivity index (χ0n) is 8.71. The molecule has 0 bridgehead atoms. The molecule has 1 aromatic heterocycles. The third-order valence-electron chi connectivity index (χ3n) is 2.42. The van der Waals surface area contributed by atoms with Gasteiger partial charge in [-0.1, -0.05) is 6.92 Å². The van der Waals surface area contributed by atoms with Crippen LogP contribution in [0.3, 0.4) is 0 Å². The fourth-order valence-electron chi connectivity index (χ4n) is 1.62. The average molecular weight is 204 g/mol. The maximum Gasteiger partial charge on any atom is 0.258 e. The van der Waals surface area contributed by atoms with E-state index in [1.54, 1.807) is 18.5 Å². The van der Waals surface area contributed by atoms with Crippen molar-refractivity contribution in [3.05, 3.63) is 18.5 Å². The van der Waals surface area contributed by atoms with Crippen LogP contribution in [0.15, 0.2) is 23.6 Å². The van der Waals surface area contributed by atoms with Crippen LogP contribution in [0.25, 0.3) is 0 Å². The van der Waals surface area contributed by atoms with Gasteiger partial charge in [0.05, 0.1) is 5.92 Å². The van der Waals surface area contributed by atoms with Gasteiger partial charge in [0.15, 0.2) is 0 Å². The number of nitrogens with zero attached hydrogens (tertiary/aromatic N) is 4. The summed E-state index contributed by atoms with van der Waals surface area (Å²) in [6.07, 6.45) is 3.96. The van der Waals surface area contributed by atoms with E-state index in [0.717, 1.165) is 12.1 Å². The molecule has 0 N–H and O–H groups in total. The maximum absolute atomic E-state index is 11.9. The quantitative estimate of drug-likeness (QED) is 0.727. The number of anilines is 1. The van der Waals surface area contributed by atoms with E-state index >= 15 is 0 Å². The van der Waals surface area contributed by atoms with Crippen LogP contribution in [0.1, 0.15) is 20.3 Å². The zero-order valence-corrected chi connectivity index (χ0v) is 8.71. The lowest BCUT2D eigenvalue weighted by Gasteiger charge is -2.10. The lowest BCUT2D eigenvalue weighted by molar-refractivity contribution is -0.119. The Morgan fingerprint density at radius 3 is 2.60 bits per heavy atom. The number of hydrogen-bond donors (Lipinski definition) is 0. The first-order valence-corrected chi connectivity index (χ1v) is 4.90. The lowest BCUT2D eigenvalue weighted by atomic mass is 10.0. The van der Waals surface area contributed by atoms with Crippen molar-refractivity contribution in [1.82, 2.24) is 9.97 Å². The normalized spacial score (nSPS) is 20.7. The number of carbonyl (C=O) groups is 1.